The minimum absolute atomic E-state index is 0.00327. The number of carboxylic acids is 1. The quantitative estimate of drug-likeness (QED) is 0.433. The molecule has 3 atom stereocenters. The molecule has 2 rings (SSSR count). The van der Waals surface area contributed by atoms with Crippen molar-refractivity contribution in [3.05, 3.63) is 71.8 Å². The van der Waals surface area contributed by atoms with Crippen LogP contribution in [0.25, 0.3) is 0 Å². The lowest BCUT2D eigenvalue weighted by Crippen LogP contribution is -2.50. The van der Waals surface area contributed by atoms with Gasteiger partial charge in [0.1, 0.15) is 11.8 Å². The summed E-state index contributed by atoms with van der Waals surface area (Å²) >= 11 is 0. The van der Waals surface area contributed by atoms with Crippen LogP contribution in [0.5, 0.6) is 0 Å². The molecule has 0 heterocycles. The maximum Gasteiger partial charge on any atom is 0.326 e. The summed E-state index contributed by atoms with van der Waals surface area (Å²) in [7, 11) is 0. The summed E-state index contributed by atoms with van der Waals surface area (Å²) in [6.45, 7) is 1.67. The summed E-state index contributed by atoms with van der Waals surface area (Å²) < 4.78 is 0. The number of amides is 2. The first kappa shape index (κ1) is 23.8. The van der Waals surface area contributed by atoms with Crippen LogP contribution in [0.4, 0.5) is 0 Å². The third-order valence-corrected chi connectivity index (χ3v) is 4.79. The molecule has 0 saturated carbocycles. The van der Waals surface area contributed by atoms with E-state index in [9.17, 15) is 29.4 Å². The molecule has 0 unspecified atom stereocenters. The van der Waals surface area contributed by atoms with Crippen molar-refractivity contribution in [3.8, 4) is 0 Å². The molecule has 0 fully saturated rings. The van der Waals surface area contributed by atoms with E-state index in [1.165, 1.54) is 0 Å². The highest BCUT2D eigenvalue weighted by molar-refractivity contribution is 5.95. The van der Waals surface area contributed by atoms with E-state index < -0.39 is 36.0 Å². The van der Waals surface area contributed by atoms with Gasteiger partial charge in [-0.25, -0.2) is 4.79 Å². The van der Waals surface area contributed by atoms with Crippen LogP contribution in [0.1, 0.15) is 48.1 Å². The molecule has 0 spiro atoms. The van der Waals surface area contributed by atoms with Gasteiger partial charge in [0.25, 0.3) is 11.8 Å². The number of benzene rings is 2. The third kappa shape index (κ3) is 7.04. The summed E-state index contributed by atoms with van der Waals surface area (Å²) in [6.07, 6.45) is -1.58. The second-order valence-corrected chi connectivity index (χ2v) is 7.00. The number of nitrogens with one attached hydrogen (secondary N) is 2. The fourth-order valence-corrected chi connectivity index (χ4v) is 2.97. The fraction of sp³-hybridized carbons (Fsp3) is 0.304. The van der Waals surface area contributed by atoms with E-state index in [0.717, 1.165) is 0 Å². The molecular weight excluding hydrogens is 400 g/mol. The Morgan fingerprint density at radius 1 is 0.903 bits per heavy atom. The van der Waals surface area contributed by atoms with Gasteiger partial charge in [-0.3, -0.25) is 14.4 Å². The molecule has 164 valence electrons. The smallest absolute Gasteiger partial charge is 0.326 e. The molecule has 0 aliphatic carbocycles. The summed E-state index contributed by atoms with van der Waals surface area (Å²) in [5.41, 5.74) is 0.819. The first-order valence-corrected chi connectivity index (χ1v) is 9.97. The highest BCUT2D eigenvalue weighted by atomic mass is 16.4. The SMILES string of the molecule is CCC(=O)CC[C@@H](NC(=O)[C@H](O)[C@@H](NC(=O)c1ccccc1)c1ccccc1)C(=O)O. The average Bonchev–Trinajstić information content (AvgIpc) is 2.80. The Hall–Kier alpha value is -3.52. The van der Waals surface area contributed by atoms with Gasteiger partial charge in [0.2, 0.25) is 0 Å². The van der Waals surface area contributed by atoms with Gasteiger partial charge in [-0.1, -0.05) is 55.5 Å². The van der Waals surface area contributed by atoms with Crippen LogP contribution in [0.2, 0.25) is 0 Å². The van der Waals surface area contributed by atoms with Crippen LogP contribution in [0.3, 0.4) is 0 Å². The molecule has 4 N–H and O–H groups in total. The first-order chi connectivity index (χ1) is 14.8. The normalized spacial score (nSPS) is 13.5. The van der Waals surface area contributed by atoms with Crippen LogP contribution >= 0.6 is 0 Å². The van der Waals surface area contributed by atoms with Crippen LogP contribution < -0.4 is 10.6 Å². The number of carboxylic acid groups (broad SMARTS) is 1. The summed E-state index contributed by atoms with van der Waals surface area (Å²) in [5, 5.41) is 25.0. The number of hydrogen-bond donors (Lipinski definition) is 4. The van der Waals surface area contributed by atoms with Crippen molar-refractivity contribution in [2.24, 2.45) is 0 Å². The number of rotatable bonds is 11. The van der Waals surface area contributed by atoms with Gasteiger partial charge in [-0.15, -0.1) is 0 Å². The van der Waals surface area contributed by atoms with Gasteiger partial charge in [0.05, 0.1) is 6.04 Å². The van der Waals surface area contributed by atoms with Gasteiger partial charge < -0.3 is 20.8 Å². The summed E-state index contributed by atoms with van der Waals surface area (Å²) in [4.78, 5) is 48.2. The number of ketones is 1. The van der Waals surface area contributed by atoms with Crippen LogP contribution in [0.15, 0.2) is 60.7 Å². The zero-order valence-corrected chi connectivity index (χ0v) is 17.2. The molecule has 0 radical (unpaired) electrons. The van der Waals surface area contributed by atoms with Gasteiger partial charge in [-0.05, 0) is 24.1 Å². The van der Waals surface area contributed by atoms with Gasteiger partial charge in [0, 0.05) is 18.4 Å². The lowest BCUT2D eigenvalue weighted by atomic mass is 9.99. The predicted octanol–water partition coefficient (Wildman–Crippen LogP) is 1.85. The van der Waals surface area contributed by atoms with Gasteiger partial charge in [-0.2, -0.15) is 0 Å². The monoisotopic (exact) mass is 426 g/mol. The molecule has 0 aliphatic rings. The van der Waals surface area contributed by atoms with E-state index in [0.29, 0.717) is 11.1 Å². The van der Waals surface area contributed by atoms with Crippen molar-refractivity contribution in [1.29, 1.82) is 0 Å². The second kappa shape index (κ2) is 11.6. The molecule has 0 bridgehead atoms. The van der Waals surface area contributed by atoms with Gasteiger partial charge in [0.15, 0.2) is 6.10 Å². The molecule has 2 aromatic carbocycles. The molecule has 31 heavy (non-hydrogen) atoms. The Morgan fingerprint density at radius 3 is 2.03 bits per heavy atom. The number of aliphatic hydroxyl groups excluding tert-OH is 1. The van der Waals surface area contributed by atoms with E-state index in [-0.39, 0.29) is 25.0 Å². The number of Topliss-reactive ketones (excluding diaryl/α,β-unsaturated/α-hetero) is 1. The number of carbonyl (C=O) groups is 4. The molecule has 8 heteroatoms. The zero-order chi connectivity index (χ0) is 22.8. The minimum atomic E-state index is -1.75. The Morgan fingerprint density at radius 2 is 1.48 bits per heavy atom. The molecule has 0 saturated heterocycles. The van der Waals surface area contributed by atoms with E-state index in [4.69, 9.17) is 0 Å². The molecule has 0 aliphatic heterocycles. The fourth-order valence-electron chi connectivity index (χ4n) is 2.97. The highest BCUT2D eigenvalue weighted by Gasteiger charge is 2.32. The topological polar surface area (TPSA) is 133 Å². The Kier molecular flexibility index (Phi) is 8.90. The van der Waals surface area contributed by atoms with Crippen molar-refractivity contribution in [3.63, 3.8) is 0 Å². The number of aliphatic hydroxyl groups is 1. The Balaban J connectivity index is 2.18. The van der Waals surface area contributed by atoms with Crippen molar-refractivity contribution >= 4 is 23.6 Å². The van der Waals surface area contributed by atoms with Gasteiger partial charge >= 0.3 is 5.97 Å². The van der Waals surface area contributed by atoms with E-state index in [2.05, 4.69) is 10.6 Å². The Bertz CT molecular complexity index is 901. The standard InChI is InChI=1S/C23H26N2O6/c1-2-17(26)13-14-18(23(30)31)24-22(29)20(27)19(15-9-5-3-6-10-15)25-21(28)16-11-7-4-8-12-16/h3-12,18-20,27H,2,13-14H2,1H3,(H,24,29)(H,25,28)(H,30,31)/t18-,19+,20-/m1/s1. The first-order valence-electron chi connectivity index (χ1n) is 9.97. The van der Waals surface area contributed by atoms with Crippen LogP contribution in [0, 0.1) is 0 Å². The lowest BCUT2D eigenvalue weighted by Gasteiger charge is -2.25. The molecule has 2 aromatic rings. The number of carbonyl (C=O) groups excluding carboxylic acids is 3. The Labute approximate surface area is 180 Å². The molecule has 0 aromatic heterocycles. The number of aliphatic carboxylic acids is 1. The summed E-state index contributed by atoms with van der Waals surface area (Å²) in [6, 6.07) is 14.3. The maximum absolute atomic E-state index is 12.6. The largest absolute Gasteiger partial charge is 0.480 e. The number of hydrogen-bond acceptors (Lipinski definition) is 5. The lowest BCUT2D eigenvalue weighted by molar-refractivity contribution is -0.144. The van der Waals surface area contributed by atoms with Crippen molar-refractivity contribution in [2.75, 3.05) is 0 Å². The predicted molar refractivity (Wildman–Crippen MR) is 113 cm³/mol. The molecule has 2 amide bonds. The minimum Gasteiger partial charge on any atom is -0.480 e. The van der Waals surface area contributed by atoms with E-state index in [1.54, 1.807) is 67.6 Å². The molecule has 8 nitrogen and oxygen atoms in total. The molecular formula is C23H26N2O6. The van der Waals surface area contributed by atoms with Crippen LogP contribution in [-0.4, -0.2) is 45.9 Å². The maximum atomic E-state index is 12.6. The average molecular weight is 426 g/mol. The highest BCUT2D eigenvalue weighted by Crippen LogP contribution is 2.19. The zero-order valence-electron chi connectivity index (χ0n) is 17.2. The summed E-state index contributed by atoms with van der Waals surface area (Å²) in [5.74, 6) is -2.89. The van der Waals surface area contributed by atoms with Crippen LogP contribution in [-0.2, 0) is 14.4 Å². The third-order valence-electron chi connectivity index (χ3n) is 4.79. The van der Waals surface area contributed by atoms with Crippen molar-refractivity contribution < 1.29 is 29.4 Å². The van der Waals surface area contributed by atoms with E-state index >= 15 is 0 Å². The second-order valence-electron chi connectivity index (χ2n) is 7.00. The van der Waals surface area contributed by atoms with Crippen molar-refractivity contribution in [1.82, 2.24) is 10.6 Å². The van der Waals surface area contributed by atoms with Crippen molar-refractivity contribution in [2.45, 2.75) is 44.4 Å². The van der Waals surface area contributed by atoms with E-state index in [1.807, 2.05) is 0 Å².